The molecule has 2 rings (SSSR count). The molecule has 1 amide bonds. The average molecular weight is 262 g/mol. The van der Waals surface area contributed by atoms with Crippen molar-refractivity contribution < 1.29 is 14.6 Å². The van der Waals surface area contributed by atoms with E-state index in [0.717, 1.165) is 11.1 Å². The Kier molecular flexibility index (Phi) is 3.80. The van der Waals surface area contributed by atoms with Crippen LogP contribution in [-0.4, -0.2) is 29.2 Å². The van der Waals surface area contributed by atoms with Crippen LogP contribution >= 0.6 is 0 Å². The SMILES string of the molecule is CC(C)(C)OC(=O)N1Cc2ccccc2CC1C[O]. The lowest BCUT2D eigenvalue weighted by Crippen LogP contribution is -2.47. The fourth-order valence-corrected chi connectivity index (χ4v) is 2.27. The summed E-state index contributed by atoms with van der Waals surface area (Å²) < 4.78 is 5.37. The molecule has 0 aliphatic carbocycles. The van der Waals surface area contributed by atoms with E-state index in [1.165, 1.54) is 0 Å². The Morgan fingerprint density at radius 2 is 1.95 bits per heavy atom. The quantitative estimate of drug-likeness (QED) is 0.781. The van der Waals surface area contributed by atoms with Crippen LogP contribution in [-0.2, 0) is 22.8 Å². The Labute approximate surface area is 114 Å². The minimum Gasteiger partial charge on any atom is -0.444 e. The van der Waals surface area contributed by atoms with Crippen molar-refractivity contribution in [1.82, 2.24) is 4.90 Å². The molecule has 1 atom stereocenters. The molecule has 1 unspecified atom stereocenters. The number of hydrogen-bond donors (Lipinski definition) is 0. The highest BCUT2D eigenvalue weighted by atomic mass is 16.6. The van der Waals surface area contributed by atoms with Crippen LogP contribution in [0.4, 0.5) is 4.79 Å². The summed E-state index contributed by atoms with van der Waals surface area (Å²) in [4.78, 5) is 13.7. The molecule has 0 fully saturated rings. The number of amides is 1. The molecule has 0 bridgehead atoms. The summed E-state index contributed by atoms with van der Waals surface area (Å²) in [7, 11) is 0. The molecule has 1 aromatic carbocycles. The third-order valence-corrected chi connectivity index (χ3v) is 3.18. The van der Waals surface area contributed by atoms with Crippen molar-refractivity contribution in [2.45, 2.75) is 45.4 Å². The highest BCUT2D eigenvalue weighted by molar-refractivity contribution is 5.69. The van der Waals surface area contributed by atoms with Gasteiger partial charge in [-0.2, -0.15) is 0 Å². The third kappa shape index (κ3) is 3.26. The number of rotatable bonds is 1. The molecule has 0 spiro atoms. The lowest BCUT2D eigenvalue weighted by Gasteiger charge is -2.36. The van der Waals surface area contributed by atoms with Crippen LogP contribution in [0, 0.1) is 0 Å². The number of benzene rings is 1. The summed E-state index contributed by atoms with van der Waals surface area (Å²) in [6.45, 7) is 5.64. The molecule has 4 nitrogen and oxygen atoms in total. The van der Waals surface area contributed by atoms with E-state index < -0.39 is 11.7 Å². The van der Waals surface area contributed by atoms with Crippen LogP contribution in [0.1, 0.15) is 31.9 Å². The predicted octanol–water partition coefficient (Wildman–Crippen LogP) is 2.78. The maximum atomic E-state index is 12.2. The van der Waals surface area contributed by atoms with Crippen LogP contribution in [0.15, 0.2) is 24.3 Å². The van der Waals surface area contributed by atoms with E-state index in [2.05, 4.69) is 0 Å². The Hall–Kier alpha value is -1.55. The van der Waals surface area contributed by atoms with Crippen LogP contribution in [0.25, 0.3) is 0 Å². The molecule has 1 radical (unpaired) electrons. The van der Waals surface area contributed by atoms with Gasteiger partial charge in [-0.15, -0.1) is 0 Å². The Balaban J connectivity index is 2.19. The normalized spacial score (nSPS) is 18.9. The molecule has 1 aromatic rings. The number of nitrogens with zero attached hydrogens (tertiary/aromatic N) is 1. The zero-order chi connectivity index (χ0) is 14.0. The van der Waals surface area contributed by atoms with Gasteiger partial charge in [-0.1, -0.05) is 24.3 Å². The number of carbonyl (C=O) groups is 1. The maximum Gasteiger partial charge on any atom is 0.410 e. The maximum absolute atomic E-state index is 12.2. The van der Waals surface area contributed by atoms with Gasteiger partial charge in [0.25, 0.3) is 0 Å². The average Bonchev–Trinajstić information content (AvgIpc) is 2.35. The lowest BCUT2D eigenvalue weighted by atomic mass is 9.95. The zero-order valence-corrected chi connectivity index (χ0v) is 11.7. The number of carbonyl (C=O) groups excluding carboxylic acids is 1. The minimum atomic E-state index is -0.540. The number of fused-ring (bicyclic) bond motifs is 1. The van der Waals surface area contributed by atoms with E-state index in [1.807, 2.05) is 45.0 Å². The standard InChI is InChI=1S/C15H20NO3/c1-15(2,3)19-14(18)16-9-12-7-5-4-6-11(12)8-13(16)10-17/h4-7,13H,8-10H2,1-3H3. The summed E-state index contributed by atoms with van der Waals surface area (Å²) in [6.07, 6.45) is 0.210. The molecule has 0 saturated carbocycles. The van der Waals surface area contributed by atoms with Crippen molar-refractivity contribution in [2.75, 3.05) is 6.61 Å². The van der Waals surface area contributed by atoms with E-state index in [9.17, 15) is 9.90 Å². The molecular formula is C15H20NO3. The van der Waals surface area contributed by atoms with Gasteiger partial charge in [-0.05, 0) is 38.3 Å². The Morgan fingerprint density at radius 3 is 2.53 bits per heavy atom. The fraction of sp³-hybridized carbons (Fsp3) is 0.533. The lowest BCUT2D eigenvalue weighted by molar-refractivity contribution is -0.00131. The third-order valence-electron chi connectivity index (χ3n) is 3.18. The summed E-state index contributed by atoms with van der Waals surface area (Å²) in [5.41, 5.74) is 1.71. The number of hydrogen-bond acceptors (Lipinski definition) is 2. The van der Waals surface area contributed by atoms with Gasteiger partial charge in [-0.3, -0.25) is 4.90 Å². The molecular weight excluding hydrogens is 242 g/mol. The largest absolute Gasteiger partial charge is 0.444 e. The van der Waals surface area contributed by atoms with Crippen LogP contribution in [0.2, 0.25) is 0 Å². The molecule has 0 N–H and O–H groups in total. The molecule has 0 saturated heterocycles. The van der Waals surface area contributed by atoms with Gasteiger partial charge >= 0.3 is 6.09 Å². The van der Waals surface area contributed by atoms with E-state index >= 15 is 0 Å². The second kappa shape index (κ2) is 5.21. The predicted molar refractivity (Wildman–Crippen MR) is 71.3 cm³/mol. The van der Waals surface area contributed by atoms with Gasteiger partial charge in [0.05, 0.1) is 6.04 Å². The Morgan fingerprint density at radius 1 is 1.32 bits per heavy atom. The number of ether oxygens (including phenoxy) is 1. The second-order valence-corrected chi connectivity index (χ2v) is 5.90. The first-order valence-electron chi connectivity index (χ1n) is 6.55. The fourth-order valence-electron chi connectivity index (χ4n) is 2.27. The van der Waals surface area contributed by atoms with E-state index in [4.69, 9.17) is 4.74 Å². The minimum absolute atomic E-state index is 0.298. The van der Waals surface area contributed by atoms with E-state index in [-0.39, 0.29) is 12.6 Å². The molecule has 0 aromatic heterocycles. The molecule has 19 heavy (non-hydrogen) atoms. The molecule has 1 aliphatic heterocycles. The molecule has 1 aliphatic rings. The molecule has 1 heterocycles. The first-order chi connectivity index (χ1) is 8.90. The highest BCUT2D eigenvalue weighted by Gasteiger charge is 2.32. The molecule has 103 valence electrons. The summed E-state index contributed by atoms with van der Waals surface area (Å²) in [6, 6.07) is 7.61. The van der Waals surface area contributed by atoms with Crippen molar-refractivity contribution in [1.29, 1.82) is 0 Å². The van der Waals surface area contributed by atoms with Gasteiger partial charge in [0.2, 0.25) is 0 Å². The van der Waals surface area contributed by atoms with Crippen molar-refractivity contribution in [3.8, 4) is 0 Å². The zero-order valence-electron chi connectivity index (χ0n) is 11.7. The summed E-state index contributed by atoms with van der Waals surface area (Å²) in [5, 5.41) is 11.3. The van der Waals surface area contributed by atoms with Gasteiger partial charge in [0, 0.05) is 6.54 Å². The first kappa shape index (κ1) is 13.9. The van der Waals surface area contributed by atoms with Gasteiger partial charge in [0.1, 0.15) is 12.2 Å². The van der Waals surface area contributed by atoms with E-state index in [0.29, 0.717) is 13.0 Å². The van der Waals surface area contributed by atoms with Crippen LogP contribution < -0.4 is 0 Å². The molecule has 4 heteroatoms. The Bertz CT molecular complexity index is 465. The first-order valence-corrected chi connectivity index (χ1v) is 6.55. The van der Waals surface area contributed by atoms with Gasteiger partial charge in [-0.25, -0.2) is 9.90 Å². The summed E-state index contributed by atoms with van der Waals surface area (Å²) >= 11 is 0. The summed E-state index contributed by atoms with van der Waals surface area (Å²) in [5.74, 6) is 0. The van der Waals surface area contributed by atoms with Gasteiger partial charge in [0.15, 0.2) is 0 Å². The monoisotopic (exact) mass is 262 g/mol. The van der Waals surface area contributed by atoms with Crippen molar-refractivity contribution in [3.05, 3.63) is 35.4 Å². The van der Waals surface area contributed by atoms with Gasteiger partial charge < -0.3 is 4.74 Å². The van der Waals surface area contributed by atoms with Crippen molar-refractivity contribution in [3.63, 3.8) is 0 Å². The van der Waals surface area contributed by atoms with E-state index in [1.54, 1.807) is 4.90 Å². The topological polar surface area (TPSA) is 49.4 Å². The van der Waals surface area contributed by atoms with Crippen LogP contribution in [0.3, 0.4) is 0 Å². The highest BCUT2D eigenvalue weighted by Crippen LogP contribution is 2.25. The second-order valence-electron chi connectivity index (χ2n) is 5.90. The van der Waals surface area contributed by atoms with Crippen molar-refractivity contribution >= 4 is 6.09 Å². The van der Waals surface area contributed by atoms with Crippen LogP contribution in [0.5, 0.6) is 0 Å². The van der Waals surface area contributed by atoms with Crippen molar-refractivity contribution in [2.24, 2.45) is 0 Å². The smallest absolute Gasteiger partial charge is 0.410 e.